The molecule has 1 N–H and O–H groups in total. The molecule has 0 aliphatic rings. The Morgan fingerprint density at radius 3 is 2.84 bits per heavy atom. The molecule has 0 aliphatic heterocycles. The maximum Gasteiger partial charge on any atom is 0.174 e. The number of halogens is 2. The third-order valence-corrected chi connectivity index (χ3v) is 2.69. The second-order valence-corrected chi connectivity index (χ2v) is 4.83. The van der Waals surface area contributed by atoms with Crippen LogP contribution >= 0.6 is 0 Å². The first-order valence-corrected chi connectivity index (χ1v) is 6.17. The number of benzene rings is 1. The fraction of sp³-hybridized carbons (Fsp3) is 0.357. The van der Waals surface area contributed by atoms with Crippen LogP contribution in [0.5, 0.6) is 0 Å². The largest absolute Gasteiger partial charge is 0.356 e. The predicted molar refractivity (Wildman–Crippen MR) is 68.4 cm³/mol. The maximum atomic E-state index is 13.7. The zero-order valence-corrected chi connectivity index (χ0v) is 10.9. The van der Waals surface area contributed by atoms with Crippen molar-refractivity contribution in [2.45, 2.75) is 20.4 Å². The van der Waals surface area contributed by atoms with Crippen LogP contribution in [-0.4, -0.2) is 11.7 Å². The van der Waals surface area contributed by atoms with Crippen LogP contribution in [0, 0.1) is 17.6 Å². The van der Waals surface area contributed by atoms with Gasteiger partial charge in [0.1, 0.15) is 11.6 Å². The van der Waals surface area contributed by atoms with Gasteiger partial charge in [0, 0.05) is 12.1 Å². The number of nitrogens with one attached hydrogen (secondary N) is 1. The van der Waals surface area contributed by atoms with E-state index in [-0.39, 0.29) is 11.3 Å². The normalized spacial score (nSPS) is 11.2. The zero-order valence-electron chi connectivity index (χ0n) is 10.9. The summed E-state index contributed by atoms with van der Waals surface area (Å²) in [6, 6.07) is 3.27. The summed E-state index contributed by atoms with van der Waals surface area (Å²) in [5.74, 6) is -0.250. The second kappa shape index (κ2) is 5.93. The summed E-state index contributed by atoms with van der Waals surface area (Å²) in [6.45, 7) is 5.52. The van der Waals surface area contributed by atoms with Crippen LogP contribution in [0.15, 0.2) is 28.9 Å². The Kier molecular flexibility index (Phi) is 4.27. The number of hydrogen-bond donors (Lipinski definition) is 1. The minimum absolute atomic E-state index is 0.0962. The molecule has 0 bridgehead atoms. The van der Waals surface area contributed by atoms with Crippen molar-refractivity contribution < 1.29 is 13.3 Å². The van der Waals surface area contributed by atoms with E-state index in [0.29, 0.717) is 18.0 Å². The number of nitrogens with zero attached hydrogens (tertiary/aromatic N) is 1. The Labute approximate surface area is 110 Å². The van der Waals surface area contributed by atoms with Crippen molar-refractivity contribution in [2.24, 2.45) is 5.92 Å². The highest BCUT2D eigenvalue weighted by Crippen LogP contribution is 2.27. The molecule has 1 aromatic carbocycles. The average molecular weight is 266 g/mol. The summed E-state index contributed by atoms with van der Waals surface area (Å²) in [7, 11) is 0. The number of aromatic nitrogens is 1. The lowest BCUT2D eigenvalue weighted by Crippen LogP contribution is -2.19. The van der Waals surface area contributed by atoms with Crippen molar-refractivity contribution in [1.82, 2.24) is 10.5 Å². The first kappa shape index (κ1) is 13.7. The fourth-order valence-corrected chi connectivity index (χ4v) is 1.78. The van der Waals surface area contributed by atoms with Gasteiger partial charge in [-0.2, -0.15) is 0 Å². The van der Waals surface area contributed by atoms with Gasteiger partial charge < -0.3 is 9.84 Å². The maximum absolute atomic E-state index is 13.7. The molecule has 2 aromatic rings. The molecule has 0 amide bonds. The molecule has 0 aliphatic carbocycles. The Hall–Kier alpha value is -1.75. The third-order valence-electron chi connectivity index (χ3n) is 2.69. The summed E-state index contributed by atoms with van der Waals surface area (Å²) in [5, 5.41) is 6.88. The van der Waals surface area contributed by atoms with Gasteiger partial charge in [0.15, 0.2) is 5.76 Å². The van der Waals surface area contributed by atoms with Gasteiger partial charge in [0.2, 0.25) is 0 Å². The van der Waals surface area contributed by atoms with Crippen LogP contribution in [-0.2, 0) is 6.54 Å². The van der Waals surface area contributed by atoms with Crippen molar-refractivity contribution in [3.05, 3.63) is 41.6 Å². The quantitative estimate of drug-likeness (QED) is 0.901. The standard InChI is InChI=1S/C14H16F2N2O/c1-9(2)6-17-7-10-8-18-19-14(10)12-5-11(15)3-4-13(12)16/h3-5,8-9,17H,6-7H2,1-2H3. The van der Waals surface area contributed by atoms with Crippen molar-refractivity contribution in [3.63, 3.8) is 0 Å². The summed E-state index contributed by atoms with van der Waals surface area (Å²) in [5.41, 5.74) is 0.809. The lowest BCUT2D eigenvalue weighted by molar-refractivity contribution is 0.428. The van der Waals surface area contributed by atoms with E-state index >= 15 is 0 Å². The van der Waals surface area contributed by atoms with E-state index in [9.17, 15) is 8.78 Å². The van der Waals surface area contributed by atoms with Crippen molar-refractivity contribution in [2.75, 3.05) is 6.54 Å². The van der Waals surface area contributed by atoms with Crippen LogP contribution in [0.25, 0.3) is 11.3 Å². The highest BCUT2D eigenvalue weighted by Gasteiger charge is 2.15. The SMILES string of the molecule is CC(C)CNCc1cnoc1-c1cc(F)ccc1F. The molecular formula is C14H16F2N2O. The van der Waals surface area contributed by atoms with Crippen LogP contribution in [0.1, 0.15) is 19.4 Å². The summed E-state index contributed by atoms with van der Waals surface area (Å²) in [4.78, 5) is 0. The Bertz CT molecular complexity index is 552. The first-order chi connectivity index (χ1) is 9.08. The van der Waals surface area contributed by atoms with Crippen molar-refractivity contribution >= 4 is 0 Å². The molecule has 3 nitrogen and oxygen atoms in total. The van der Waals surface area contributed by atoms with E-state index in [0.717, 1.165) is 24.7 Å². The molecule has 0 saturated carbocycles. The van der Waals surface area contributed by atoms with Crippen LogP contribution in [0.2, 0.25) is 0 Å². The highest BCUT2D eigenvalue weighted by molar-refractivity contribution is 5.61. The molecule has 19 heavy (non-hydrogen) atoms. The molecule has 5 heteroatoms. The van der Waals surface area contributed by atoms with E-state index in [1.54, 1.807) is 0 Å². The van der Waals surface area contributed by atoms with Crippen LogP contribution in [0.3, 0.4) is 0 Å². The van der Waals surface area contributed by atoms with Gasteiger partial charge in [-0.3, -0.25) is 0 Å². The molecule has 0 fully saturated rings. The van der Waals surface area contributed by atoms with Gasteiger partial charge >= 0.3 is 0 Å². The fourth-order valence-electron chi connectivity index (χ4n) is 1.78. The average Bonchev–Trinajstić information content (AvgIpc) is 2.80. The smallest absolute Gasteiger partial charge is 0.174 e. The molecule has 0 atom stereocenters. The molecule has 0 unspecified atom stereocenters. The minimum atomic E-state index is -0.525. The molecule has 2 rings (SSSR count). The topological polar surface area (TPSA) is 38.1 Å². The first-order valence-electron chi connectivity index (χ1n) is 6.17. The molecule has 1 aromatic heterocycles. The Morgan fingerprint density at radius 2 is 2.11 bits per heavy atom. The second-order valence-electron chi connectivity index (χ2n) is 4.83. The van der Waals surface area contributed by atoms with Crippen LogP contribution in [0.4, 0.5) is 8.78 Å². The van der Waals surface area contributed by atoms with Gasteiger partial charge in [0.05, 0.1) is 11.8 Å². The van der Waals surface area contributed by atoms with Crippen molar-refractivity contribution in [1.29, 1.82) is 0 Å². The molecule has 0 saturated heterocycles. The van der Waals surface area contributed by atoms with E-state index in [1.165, 1.54) is 6.20 Å². The lowest BCUT2D eigenvalue weighted by Gasteiger charge is -2.07. The predicted octanol–water partition coefficient (Wildman–Crippen LogP) is 3.37. The monoisotopic (exact) mass is 266 g/mol. The van der Waals surface area contributed by atoms with E-state index in [2.05, 4.69) is 24.3 Å². The number of rotatable bonds is 5. The summed E-state index contributed by atoms with van der Waals surface area (Å²) >= 11 is 0. The molecule has 0 radical (unpaired) electrons. The Morgan fingerprint density at radius 1 is 1.32 bits per heavy atom. The van der Waals surface area contributed by atoms with Gasteiger partial charge in [-0.15, -0.1) is 0 Å². The number of hydrogen-bond acceptors (Lipinski definition) is 3. The molecule has 1 heterocycles. The lowest BCUT2D eigenvalue weighted by atomic mass is 10.1. The summed E-state index contributed by atoms with van der Waals surface area (Å²) in [6.07, 6.45) is 1.52. The van der Waals surface area contributed by atoms with Gasteiger partial charge in [-0.1, -0.05) is 19.0 Å². The summed E-state index contributed by atoms with van der Waals surface area (Å²) < 4.78 is 31.9. The molecule has 0 spiro atoms. The Balaban J connectivity index is 2.21. The third kappa shape index (κ3) is 3.38. The van der Waals surface area contributed by atoms with E-state index < -0.39 is 11.6 Å². The van der Waals surface area contributed by atoms with Gasteiger partial charge in [-0.05, 0) is 30.7 Å². The van der Waals surface area contributed by atoms with E-state index in [1.807, 2.05) is 0 Å². The van der Waals surface area contributed by atoms with Crippen molar-refractivity contribution in [3.8, 4) is 11.3 Å². The zero-order chi connectivity index (χ0) is 13.8. The molecule has 102 valence electrons. The molecular weight excluding hydrogens is 250 g/mol. The van der Waals surface area contributed by atoms with Gasteiger partial charge in [-0.25, -0.2) is 8.78 Å². The minimum Gasteiger partial charge on any atom is -0.356 e. The van der Waals surface area contributed by atoms with Crippen LogP contribution < -0.4 is 5.32 Å². The van der Waals surface area contributed by atoms with Gasteiger partial charge in [0.25, 0.3) is 0 Å². The van der Waals surface area contributed by atoms with E-state index in [4.69, 9.17) is 4.52 Å². The highest BCUT2D eigenvalue weighted by atomic mass is 19.1.